The van der Waals surface area contributed by atoms with E-state index in [0.717, 1.165) is 28.8 Å². The SMILES string of the molecule is CC(C)OCc1ccccc1CNC(=O)c1cc2c(s1)CCCC2. The minimum Gasteiger partial charge on any atom is -0.374 e. The van der Waals surface area contributed by atoms with Crippen molar-refractivity contribution in [2.45, 2.75) is 58.8 Å². The van der Waals surface area contributed by atoms with Crippen molar-refractivity contribution in [2.24, 2.45) is 0 Å². The standard InChI is InChI=1S/C20H25NO2S/c1-14(2)23-13-17-9-4-3-8-16(17)12-21-20(22)19-11-15-7-5-6-10-18(15)24-19/h3-4,8-9,11,14H,5-7,10,12-13H2,1-2H3,(H,21,22). The molecule has 1 aromatic heterocycles. The summed E-state index contributed by atoms with van der Waals surface area (Å²) in [5.74, 6) is 0.0361. The first kappa shape index (κ1) is 17.2. The third kappa shape index (κ3) is 4.25. The molecule has 1 aromatic carbocycles. The highest BCUT2D eigenvalue weighted by molar-refractivity contribution is 7.14. The van der Waals surface area contributed by atoms with Crippen molar-refractivity contribution in [3.05, 3.63) is 56.8 Å². The van der Waals surface area contributed by atoms with E-state index < -0.39 is 0 Å². The topological polar surface area (TPSA) is 38.3 Å². The molecule has 0 radical (unpaired) electrons. The zero-order valence-corrected chi connectivity index (χ0v) is 15.2. The van der Waals surface area contributed by atoms with Gasteiger partial charge in [0.15, 0.2) is 0 Å². The summed E-state index contributed by atoms with van der Waals surface area (Å²) in [7, 11) is 0. The maximum Gasteiger partial charge on any atom is 0.261 e. The van der Waals surface area contributed by atoms with Crippen LogP contribution >= 0.6 is 11.3 Å². The second-order valence-corrected chi connectivity index (χ2v) is 7.71. The maximum atomic E-state index is 12.5. The summed E-state index contributed by atoms with van der Waals surface area (Å²) in [4.78, 5) is 14.7. The molecule has 1 amide bonds. The Kier molecular flexibility index (Phi) is 5.69. The number of hydrogen-bond donors (Lipinski definition) is 1. The smallest absolute Gasteiger partial charge is 0.261 e. The summed E-state index contributed by atoms with van der Waals surface area (Å²) in [5.41, 5.74) is 3.63. The fourth-order valence-corrected chi connectivity index (χ4v) is 4.16. The number of thiophene rings is 1. The Labute approximate surface area is 148 Å². The quantitative estimate of drug-likeness (QED) is 0.840. The van der Waals surface area contributed by atoms with Crippen LogP contribution in [-0.4, -0.2) is 12.0 Å². The molecule has 0 fully saturated rings. The second-order valence-electron chi connectivity index (χ2n) is 6.58. The van der Waals surface area contributed by atoms with Crippen LogP contribution in [0.15, 0.2) is 30.3 Å². The normalized spacial score (nSPS) is 13.8. The van der Waals surface area contributed by atoms with Gasteiger partial charge in [0.05, 0.1) is 17.6 Å². The van der Waals surface area contributed by atoms with Crippen molar-refractivity contribution in [3.63, 3.8) is 0 Å². The molecule has 1 N–H and O–H groups in total. The number of rotatable bonds is 6. The van der Waals surface area contributed by atoms with E-state index in [-0.39, 0.29) is 12.0 Å². The number of nitrogens with one attached hydrogen (secondary N) is 1. The maximum absolute atomic E-state index is 12.5. The van der Waals surface area contributed by atoms with Crippen molar-refractivity contribution in [2.75, 3.05) is 0 Å². The Balaban J connectivity index is 1.63. The van der Waals surface area contributed by atoms with Crippen molar-refractivity contribution in [1.29, 1.82) is 0 Å². The highest BCUT2D eigenvalue weighted by atomic mass is 32.1. The summed E-state index contributed by atoms with van der Waals surface area (Å²) >= 11 is 1.66. The predicted molar refractivity (Wildman–Crippen MR) is 98.5 cm³/mol. The highest BCUT2D eigenvalue weighted by Gasteiger charge is 2.17. The average molecular weight is 343 g/mol. The fourth-order valence-electron chi connectivity index (χ4n) is 2.99. The molecule has 24 heavy (non-hydrogen) atoms. The van der Waals surface area contributed by atoms with Gasteiger partial charge in [-0.3, -0.25) is 4.79 Å². The van der Waals surface area contributed by atoms with E-state index in [1.807, 2.05) is 26.0 Å². The second kappa shape index (κ2) is 7.95. The molecule has 0 bridgehead atoms. The molecule has 128 valence electrons. The summed E-state index contributed by atoms with van der Waals surface area (Å²) in [5, 5.41) is 3.07. The number of hydrogen-bond acceptors (Lipinski definition) is 3. The molecular weight excluding hydrogens is 318 g/mol. The van der Waals surface area contributed by atoms with E-state index >= 15 is 0 Å². The van der Waals surface area contributed by atoms with Gasteiger partial charge in [-0.2, -0.15) is 0 Å². The molecule has 1 aliphatic carbocycles. The molecule has 0 atom stereocenters. The first-order chi connectivity index (χ1) is 11.6. The lowest BCUT2D eigenvalue weighted by atomic mass is 9.99. The van der Waals surface area contributed by atoms with E-state index in [0.29, 0.717) is 13.2 Å². The van der Waals surface area contributed by atoms with Gasteiger partial charge in [-0.05, 0) is 62.3 Å². The first-order valence-electron chi connectivity index (χ1n) is 8.71. The van der Waals surface area contributed by atoms with Crippen molar-refractivity contribution < 1.29 is 9.53 Å². The number of carbonyl (C=O) groups excluding carboxylic acids is 1. The van der Waals surface area contributed by atoms with Crippen LogP contribution < -0.4 is 5.32 Å². The lowest BCUT2D eigenvalue weighted by Gasteiger charge is -2.12. The van der Waals surface area contributed by atoms with Crippen molar-refractivity contribution in [1.82, 2.24) is 5.32 Å². The van der Waals surface area contributed by atoms with Gasteiger partial charge in [0, 0.05) is 11.4 Å². The predicted octanol–water partition coefficient (Wildman–Crippen LogP) is 4.48. The van der Waals surface area contributed by atoms with Gasteiger partial charge in [-0.15, -0.1) is 11.3 Å². The first-order valence-corrected chi connectivity index (χ1v) is 9.53. The number of benzene rings is 1. The molecule has 0 spiro atoms. The molecule has 1 heterocycles. The average Bonchev–Trinajstić information content (AvgIpc) is 3.02. The van der Waals surface area contributed by atoms with Crippen LogP contribution in [0.1, 0.15) is 57.9 Å². The number of amides is 1. The van der Waals surface area contributed by atoms with Gasteiger partial charge in [-0.1, -0.05) is 24.3 Å². The van der Waals surface area contributed by atoms with Gasteiger partial charge in [0.2, 0.25) is 0 Å². The molecule has 3 nitrogen and oxygen atoms in total. The van der Waals surface area contributed by atoms with Gasteiger partial charge in [0.1, 0.15) is 0 Å². The summed E-state index contributed by atoms with van der Waals surface area (Å²) < 4.78 is 5.70. The van der Waals surface area contributed by atoms with Crippen LogP contribution in [0.5, 0.6) is 0 Å². The van der Waals surface area contributed by atoms with E-state index in [1.54, 1.807) is 11.3 Å². The Morgan fingerprint density at radius 1 is 1.21 bits per heavy atom. The summed E-state index contributed by atoms with van der Waals surface area (Å²) in [6.07, 6.45) is 4.94. The Hall–Kier alpha value is -1.65. The Bertz CT molecular complexity index is 682. The van der Waals surface area contributed by atoms with Crippen LogP contribution in [-0.2, 0) is 30.7 Å². The molecule has 0 aliphatic heterocycles. The molecule has 0 saturated heterocycles. The van der Waals surface area contributed by atoms with Crippen LogP contribution in [0.2, 0.25) is 0 Å². The van der Waals surface area contributed by atoms with Crippen LogP contribution in [0, 0.1) is 0 Å². The minimum atomic E-state index is 0.0361. The van der Waals surface area contributed by atoms with Gasteiger partial charge < -0.3 is 10.1 Å². The number of fused-ring (bicyclic) bond motifs is 1. The lowest BCUT2D eigenvalue weighted by molar-refractivity contribution is 0.0651. The molecule has 3 rings (SSSR count). The van der Waals surface area contributed by atoms with E-state index in [9.17, 15) is 4.79 Å². The monoisotopic (exact) mass is 343 g/mol. The van der Waals surface area contributed by atoms with Crippen molar-refractivity contribution >= 4 is 17.2 Å². The van der Waals surface area contributed by atoms with Crippen LogP contribution in [0.3, 0.4) is 0 Å². The van der Waals surface area contributed by atoms with Crippen LogP contribution in [0.4, 0.5) is 0 Å². The minimum absolute atomic E-state index is 0.0361. The van der Waals surface area contributed by atoms with Gasteiger partial charge in [-0.25, -0.2) is 0 Å². The third-order valence-electron chi connectivity index (χ3n) is 4.35. The summed E-state index contributed by atoms with van der Waals surface area (Å²) in [6, 6.07) is 10.2. The summed E-state index contributed by atoms with van der Waals surface area (Å²) in [6.45, 7) is 5.18. The lowest BCUT2D eigenvalue weighted by Crippen LogP contribution is -2.22. The molecule has 4 heteroatoms. The Morgan fingerprint density at radius 3 is 2.71 bits per heavy atom. The molecule has 1 aliphatic rings. The van der Waals surface area contributed by atoms with Gasteiger partial charge in [0.25, 0.3) is 5.91 Å². The van der Waals surface area contributed by atoms with Crippen molar-refractivity contribution in [3.8, 4) is 0 Å². The molecule has 0 unspecified atom stereocenters. The zero-order valence-electron chi connectivity index (χ0n) is 14.4. The largest absolute Gasteiger partial charge is 0.374 e. The number of carbonyl (C=O) groups is 1. The van der Waals surface area contributed by atoms with E-state index in [2.05, 4.69) is 23.5 Å². The zero-order chi connectivity index (χ0) is 16.9. The Morgan fingerprint density at radius 2 is 1.96 bits per heavy atom. The molecule has 2 aromatic rings. The van der Waals surface area contributed by atoms with E-state index in [4.69, 9.17) is 4.74 Å². The number of ether oxygens (including phenoxy) is 1. The van der Waals surface area contributed by atoms with E-state index in [1.165, 1.54) is 23.3 Å². The van der Waals surface area contributed by atoms with Gasteiger partial charge >= 0.3 is 0 Å². The molecule has 0 saturated carbocycles. The highest BCUT2D eigenvalue weighted by Crippen LogP contribution is 2.29. The third-order valence-corrected chi connectivity index (χ3v) is 5.59. The number of aryl methyl sites for hydroxylation is 2. The van der Waals surface area contributed by atoms with Crippen LogP contribution in [0.25, 0.3) is 0 Å². The fraction of sp³-hybridized carbons (Fsp3) is 0.450. The molecular formula is C20H25NO2S.